The Morgan fingerprint density at radius 3 is 2.51 bits per heavy atom. The maximum absolute atomic E-state index is 13.6. The molecule has 0 fully saturated rings. The molecular weight excluding hydrogens is 496 g/mol. The van der Waals surface area contributed by atoms with Crippen molar-refractivity contribution in [2.45, 2.75) is 26.7 Å². The van der Waals surface area contributed by atoms with Gasteiger partial charge in [-0.25, -0.2) is 4.98 Å². The lowest BCUT2D eigenvalue weighted by molar-refractivity contribution is -0.384. The molecule has 3 aromatic carbocycles. The van der Waals surface area contributed by atoms with Crippen LogP contribution in [0.1, 0.15) is 36.7 Å². The molecule has 196 valence electrons. The molecule has 0 bridgehead atoms. The highest BCUT2D eigenvalue weighted by atomic mass is 16.6. The average molecular weight is 523 g/mol. The zero-order chi connectivity index (χ0) is 27.7. The van der Waals surface area contributed by atoms with Crippen LogP contribution in [0.25, 0.3) is 33.6 Å². The van der Waals surface area contributed by atoms with E-state index in [1.54, 1.807) is 49.6 Å². The lowest BCUT2D eigenvalue weighted by atomic mass is 9.96. The number of rotatable bonds is 7. The number of methoxy groups -OCH3 is 1. The van der Waals surface area contributed by atoms with E-state index in [0.29, 0.717) is 33.8 Å². The minimum Gasteiger partial charge on any atom is -0.496 e. The van der Waals surface area contributed by atoms with Crippen LogP contribution in [0, 0.1) is 17.0 Å². The molecule has 0 N–H and O–H groups in total. The summed E-state index contributed by atoms with van der Waals surface area (Å²) in [6, 6.07) is 20.6. The van der Waals surface area contributed by atoms with Crippen LogP contribution in [0.5, 0.6) is 5.75 Å². The van der Waals surface area contributed by atoms with Crippen molar-refractivity contribution in [2.75, 3.05) is 7.11 Å². The predicted octanol–water partition coefficient (Wildman–Crippen LogP) is 6.55. The minimum atomic E-state index is -0.453. The third kappa shape index (κ3) is 4.94. The van der Waals surface area contributed by atoms with Gasteiger partial charge in [-0.3, -0.25) is 14.9 Å². The van der Waals surface area contributed by atoms with Gasteiger partial charge in [-0.05, 0) is 72.5 Å². The molecule has 0 atom stereocenters. The normalized spacial score (nSPS) is 11.5. The van der Waals surface area contributed by atoms with Crippen molar-refractivity contribution < 1.29 is 14.1 Å². The summed E-state index contributed by atoms with van der Waals surface area (Å²) in [4.78, 5) is 28.9. The van der Waals surface area contributed by atoms with Gasteiger partial charge < -0.3 is 9.15 Å². The summed E-state index contributed by atoms with van der Waals surface area (Å²) in [6.45, 7) is 6.10. The third-order valence-electron chi connectivity index (χ3n) is 6.48. The Kier molecular flexibility index (Phi) is 6.81. The Hall–Kier alpha value is -5.05. The first-order valence-electron chi connectivity index (χ1n) is 12.4. The summed E-state index contributed by atoms with van der Waals surface area (Å²) in [7, 11) is 1.64. The zero-order valence-electron chi connectivity index (χ0n) is 21.9. The Bertz CT molecular complexity index is 1780. The zero-order valence-corrected chi connectivity index (χ0v) is 21.9. The van der Waals surface area contributed by atoms with Crippen molar-refractivity contribution >= 4 is 22.8 Å². The number of benzene rings is 3. The number of furan rings is 1. The summed E-state index contributed by atoms with van der Waals surface area (Å²) in [5, 5.41) is 15.9. The fraction of sp³-hybridized carbons (Fsp3) is 0.167. The average Bonchev–Trinajstić information content (AvgIpc) is 3.41. The van der Waals surface area contributed by atoms with Gasteiger partial charge >= 0.3 is 0 Å². The number of aromatic nitrogens is 2. The summed E-state index contributed by atoms with van der Waals surface area (Å²) < 4.78 is 12.8. The first-order valence-corrected chi connectivity index (χ1v) is 12.4. The molecule has 2 heterocycles. The number of nitro benzene ring substituents is 1. The monoisotopic (exact) mass is 522 g/mol. The summed E-state index contributed by atoms with van der Waals surface area (Å²) in [6.07, 6.45) is 1.46. The molecule has 9 heteroatoms. The van der Waals surface area contributed by atoms with Crippen LogP contribution in [0.2, 0.25) is 0 Å². The van der Waals surface area contributed by atoms with E-state index in [0.717, 1.165) is 22.4 Å². The number of non-ortho nitro benzene ring substituents is 1. The van der Waals surface area contributed by atoms with E-state index in [1.807, 2.05) is 25.1 Å². The van der Waals surface area contributed by atoms with E-state index >= 15 is 0 Å². The smallest absolute Gasteiger partial charge is 0.282 e. The van der Waals surface area contributed by atoms with Gasteiger partial charge in [0.25, 0.3) is 11.2 Å². The molecule has 0 unspecified atom stereocenters. The molecule has 0 saturated carbocycles. The maximum atomic E-state index is 13.6. The number of ether oxygens (including phenoxy) is 1. The summed E-state index contributed by atoms with van der Waals surface area (Å²) in [5.41, 5.74) is 3.60. The number of hydrogen-bond donors (Lipinski definition) is 0. The Labute approximate surface area is 224 Å². The van der Waals surface area contributed by atoms with E-state index in [4.69, 9.17) is 14.1 Å². The summed E-state index contributed by atoms with van der Waals surface area (Å²) in [5.74, 6) is 2.29. The first kappa shape index (κ1) is 25.6. The predicted molar refractivity (Wildman–Crippen MR) is 151 cm³/mol. The lowest BCUT2D eigenvalue weighted by Gasteiger charge is -2.17. The number of nitro groups is 1. The number of aryl methyl sites for hydroxylation is 1. The Morgan fingerprint density at radius 2 is 1.82 bits per heavy atom. The molecule has 2 aromatic heterocycles. The van der Waals surface area contributed by atoms with Gasteiger partial charge in [0.05, 0.1) is 29.2 Å². The van der Waals surface area contributed by atoms with Gasteiger partial charge in [0.15, 0.2) is 5.82 Å². The standard InChI is InChI=1S/C30H26N4O5/c1-18(2)24-16-25(19(3)15-28(24)38-4)29-32-26-8-6-5-7-23(26)30(35)33(29)31-17-22-13-14-27(39-22)20-9-11-21(12-10-20)34(36)37/h5-18H,1-4H3. The van der Waals surface area contributed by atoms with E-state index in [-0.39, 0.29) is 17.2 Å². The van der Waals surface area contributed by atoms with Crippen LogP contribution in [0.15, 0.2) is 87.1 Å². The van der Waals surface area contributed by atoms with Gasteiger partial charge in [0.1, 0.15) is 17.3 Å². The van der Waals surface area contributed by atoms with Crippen LogP contribution in [-0.4, -0.2) is 27.9 Å². The van der Waals surface area contributed by atoms with Gasteiger partial charge in [0, 0.05) is 23.3 Å². The van der Waals surface area contributed by atoms with Gasteiger partial charge in [-0.1, -0.05) is 26.0 Å². The molecule has 0 aliphatic carbocycles. The minimum absolute atomic E-state index is 0.00255. The van der Waals surface area contributed by atoms with Gasteiger partial charge in [0.2, 0.25) is 0 Å². The molecule has 0 aliphatic rings. The molecule has 39 heavy (non-hydrogen) atoms. The Morgan fingerprint density at radius 1 is 1.08 bits per heavy atom. The molecule has 0 aliphatic heterocycles. The molecule has 0 saturated heterocycles. The molecule has 0 radical (unpaired) electrons. The third-order valence-corrected chi connectivity index (χ3v) is 6.48. The van der Waals surface area contributed by atoms with Gasteiger partial charge in [-0.15, -0.1) is 0 Å². The van der Waals surface area contributed by atoms with Crippen molar-refractivity contribution in [1.29, 1.82) is 0 Å². The first-order chi connectivity index (χ1) is 18.8. The van der Waals surface area contributed by atoms with Crippen LogP contribution in [0.4, 0.5) is 5.69 Å². The molecule has 5 rings (SSSR count). The van der Waals surface area contributed by atoms with Crippen molar-refractivity contribution in [3.63, 3.8) is 0 Å². The maximum Gasteiger partial charge on any atom is 0.282 e. The van der Waals surface area contributed by atoms with Crippen molar-refractivity contribution in [2.24, 2.45) is 5.10 Å². The molecule has 9 nitrogen and oxygen atoms in total. The molecular formula is C30H26N4O5. The molecule has 5 aromatic rings. The van der Waals surface area contributed by atoms with Gasteiger partial charge in [-0.2, -0.15) is 9.78 Å². The van der Waals surface area contributed by atoms with E-state index in [1.165, 1.54) is 23.0 Å². The molecule has 0 spiro atoms. The number of nitrogens with zero attached hydrogens (tertiary/aromatic N) is 4. The molecule has 0 amide bonds. The fourth-order valence-electron chi connectivity index (χ4n) is 4.41. The Balaban J connectivity index is 1.61. The second-order valence-corrected chi connectivity index (χ2v) is 9.38. The summed E-state index contributed by atoms with van der Waals surface area (Å²) >= 11 is 0. The van der Waals surface area contributed by atoms with Crippen LogP contribution < -0.4 is 10.3 Å². The van der Waals surface area contributed by atoms with Crippen molar-refractivity contribution in [3.05, 3.63) is 110 Å². The van der Waals surface area contributed by atoms with Crippen LogP contribution in [-0.2, 0) is 0 Å². The van der Waals surface area contributed by atoms with E-state index in [9.17, 15) is 14.9 Å². The van der Waals surface area contributed by atoms with E-state index in [2.05, 4.69) is 18.9 Å². The van der Waals surface area contributed by atoms with Crippen molar-refractivity contribution in [3.8, 4) is 28.5 Å². The number of para-hydroxylation sites is 1. The second-order valence-electron chi connectivity index (χ2n) is 9.38. The fourth-order valence-corrected chi connectivity index (χ4v) is 4.41. The highest BCUT2D eigenvalue weighted by Gasteiger charge is 2.18. The highest BCUT2D eigenvalue weighted by Crippen LogP contribution is 2.34. The highest BCUT2D eigenvalue weighted by molar-refractivity contribution is 5.82. The SMILES string of the molecule is COc1cc(C)c(-c2nc3ccccc3c(=O)n2N=Cc2ccc(-c3ccc([N+](=O)[O-])cc3)o2)cc1C(C)C. The van der Waals surface area contributed by atoms with Crippen molar-refractivity contribution in [1.82, 2.24) is 9.66 Å². The quantitative estimate of drug-likeness (QED) is 0.136. The largest absolute Gasteiger partial charge is 0.496 e. The second kappa shape index (κ2) is 10.4. The topological polar surface area (TPSA) is 113 Å². The number of fused-ring (bicyclic) bond motifs is 1. The van der Waals surface area contributed by atoms with Crippen LogP contribution >= 0.6 is 0 Å². The lowest BCUT2D eigenvalue weighted by Crippen LogP contribution is -2.20. The number of hydrogen-bond acceptors (Lipinski definition) is 7. The van der Waals surface area contributed by atoms with E-state index < -0.39 is 4.92 Å². The van der Waals surface area contributed by atoms with Crippen LogP contribution in [0.3, 0.4) is 0 Å².